The molecule has 0 saturated heterocycles. The van der Waals surface area contributed by atoms with Gasteiger partial charge in [-0.15, -0.1) is 0 Å². The summed E-state index contributed by atoms with van der Waals surface area (Å²) in [7, 11) is 0. The number of rotatable bonds is 4. The summed E-state index contributed by atoms with van der Waals surface area (Å²) in [5.74, 6) is -4.45. The first-order chi connectivity index (χ1) is 10.0. The lowest BCUT2D eigenvalue weighted by molar-refractivity contribution is 0.102. The van der Waals surface area contributed by atoms with E-state index in [1.807, 2.05) is 6.92 Å². The Balaban J connectivity index is 2.18. The lowest BCUT2D eigenvalue weighted by atomic mass is 10.2. The largest absolute Gasteiger partial charge is 0.384 e. The Labute approximate surface area is 119 Å². The Morgan fingerprint density at radius 1 is 1.24 bits per heavy atom. The van der Waals surface area contributed by atoms with Gasteiger partial charge in [0.2, 0.25) is 0 Å². The smallest absolute Gasteiger partial charge is 0.274 e. The van der Waals surface area contributed by atoms with Crippen LogP contribution in [0.3, 0.4) is 0 Å². The van der Waals surface area contributed by atoms with Crippen LogP contribution < -0.4 is 10.6 Å². The van der Waals surface area contributed by atoms with E-state index in [0.29, 0.717) is 18.7 Å². The van der Waals surface area contributed by atoms with E-state index in [-0.39, 0.29) is 5.69 Å². The maximum atomic E-state index is 13.4. The highest BCUT2D eigenvalue weighted by Gasteiger charge is 2.15. The van der Waals surface area contributed by atoms with Gasteiger partial charge in [0.25, 0.3) is 5.91 Å². The summed E-state index contributed by atoms with van der Waals surface area (Å²) in [5, 5.41) is 5.08. The quantitative estimate of drug-likeness (QED) is 0.852. The van der Waals surface area contributed by atoms with Gasteiger partial charge in [-0.2, -0.15) is 0 Å². The van der Waals surface area contributed by atoms with Crippen molar-refractivity contribution in [1.29, 1.82) is 0 Å². The molecule has 2 rings (SSSR count). The Hall–Kier alpha value is -2.57. The zero-order chi connectivity index (χ0) is 15.4. The molecule has 2 aromatic rings. The van der Waals surface area contributed by atoms with E-state index in [0.717, 1.165) is 5.69 Å². The van der Waals surface area contributed by atoms with Gasteiger partial charge in [0.05, 0.1) is 17.6 Å². The first-order valence-corrected chi connectivity index (χ1v) is 6.17. The molecule has 4 nitrogen and oxygen atoms in total. The summed E-state index contributed by atoms with van der Waals surface area (Å²) in [6, 6.07) is 4.13. The van der Waals surface area contributed by atoms with Crippen molar-refractivity contribution in [2.24, 2.45) is 0 Å². The lowest BCUT2D eigenvalue weighted by Crippen LogP contribution is -2.15. The van der Waals surface area contributed by atoms with Crippen LogP contribution >= 0.6 is 0 Å². The monoisotopic (exact) mass is 295 g/mol. The van der Waals surface area contributed by atoms with Crippen LogP contribution in [0.2, 0.25) is 0 Å². The molecule has 0 unspecified atom stereocenters. The molecule has 1 aromatic heterocycles. The van der Waals surface area contributed by atoms with Crippen molar-refractivity contribution < 1.29 is 18.0 Å². The molecule has 0 aliphatic carbocycles. The van der Waals surface area contributed by atoms with Crippen molar-refractivity contribution in [2.75, 3.05) is 17.2 Å². The minimum atomic E-state index is -1.37. The third-order valence-electron chi connectivity index (χ3n) is 2.62. The number of pyridine rings is 1. The van der Waals surface area contributed by atoms with Crippen LogP contribution in [0, 0.1) is 17.5 Å². The number of carbonyl (C=O) groups excluding carboxylic acids is 1. The predicted molar refractivity (Wildman–Crippen MR) is 72.7 cm³/mol. The molecule has 0 fully saturated rings. The maximum Gasteiger partial charge on any atom is 0.274 e. The molecular formula is C14H12F3N3O. The van der Waals surface area contributed by atoms with Gasteiger partial charge in [-0.05, 0) is 19.1 Å². The summed E-state index contributed by atoms with van der Waals surface area (Å²) in [5.41, 5.74) is 0.146. The minimum Gasteiger partial charge on any atom is -0.384 e. The second-order valence-electron chi connectivity index (χ2n) is 4.17. The average Bonchev–Trinajstić information content (AvgIpc) is 2.45. The Morgan fingerprint density at radius 2 is 2.00 bits per heavy atom. The van der Waals surface area contributed by atoms with Crippen LogP contribution in [-0.2, 0) is 0 Å². The van der Waals surface area contributed by atoms with Crippen LogP contribution in [0.4, 0.5) is 24.5 Å². The van der Waals surface area contributed by atoms with E-state index >= 15 is 0 Å². The first-order valence-electron chi connectivity index (χ1n) is 6.17. The van der Waals surface area contributed by atoms with Gasteiger partial charge in [0.1, 0.15) is 11.5 Å². The summed E-state index contributed by atoms with van der Waals surface area (Å²) >= 11 is 0. The standard InChI is InChI=1S/C14H12F3N3O/c1-2-18-9-3-4-11(19-7-9)14(21)20-12-6-8(15)5-10(16)13(12)17/h3-7,18H,2H2,1H3,(H,20,21). The molecule has 2 N–H and O–H groups in total. The highest BCUT2D eigenvalue weighted by Crippen LogP contribution is 2.19. The Kier molecular flexibility index (Phi) is 4.42. The number of amides is 1. The van der Waals surface area contributed by atoms with Crippen LogP contribution in [-0.4, -0.2) is 17.4 Å². The van der Waals surface area contributed by atoms with Crippen molar-refractivity contribution in [3.05, 3.63) is 53.6 Å². The molecule has 1 aromatic carbocycles. The number of nitrogens with zero attached hydrogens (tertiary/aromatic N) is 1. The number of carbonyl (C=O) groups is 1. The van der Waals surface area contributed by atoms with E-state index in [1.54, 1.807) is 6.07 Å². The molecular weight excluding hydrogens is 283 g/mol. The van der Waals surface area contributed by atoms with Crippen LogP contribution in [0.25, 0.3) is 0 Å². The fourth-order valence-electron chi connectivity index (χ4n) is 1.67. The van der Waals surface area contributed by atoms with Crippen molar-refractivity contribution >= 4 is 17.3 Å². The summed E-state index contributed by atoms with van der Waals surface area (Å²) < 4.78 is 39.5. The minimum absolute atomic E-state index is 0.000669. The van der Waals surface area contributed by atoms with E-state index in [1.165, 1.54) is 12.3 Å². The number of anilines is 2. The molecule has 7 heteroatoms. The number of hydrogen-bond acceptors (Lipinski definition) is 3. The topological polar surface area (TPSA) is 54.0 Å². The van der Waals surface area contributed by atoms with Crippen LogP contribution in [0.5, 0.6) is 0 Å². The fraction of sp³-hybridized carbons (Fsp3) is 0.143. The third kappa shape index (κ3) is 3.50. The van der Waals surface area contributed by atoms with Gasteiger partial charge in [-0.25, -0.2) is 18.2 Å². The normalized spacial score (nSPS) is 10.3. The molecule has 0 saturated carbocycles. The second-order valence-corrected chi connectivity index (χ2v) is 4.17. The fourth-order valence-corrected chi connectivity index (χ4v) is 1.67. The molecule has 1 amide bonds. The highest BCUT2D eigenvalue weighted by atomic mass is 19.2. The van der Waals surface area contributed by atoms with Gasteiger partial charge in [-0.3, -0.25) is 4.79 Å². The number of aromatic nitrogens is 1. The third-order valence-corrected chi connectivity index (χ3v) is 2.62. The van der Waals surface area contributed by atoms with Gasteiger partial charge >= 0.3 is 0 Å². The summed E-state index contributed by atoms with van der Waals surface area (Å²) in [6.07, 6.45) is 1.43. The first kappa shape index (κ1) is 14.8. The number of hydrogen-bond donors (Lipinski definition) is 2. The molecule has 0 aliphatic heterocycles. The molecule has 0 atom stereocenters. The molecule has 1 heterocycles. The molecule has 21 heavy (non-hydrogen) atoms. The van der Waals surface area contributed by atoms with Crippen molar-refractivity contribution in [1.82, 2.24) is 4.98 Å². The summed E-state index contributed by atoms with van der Waals surface area (Å²) in [4.78, 5) is 15.7. The van der Waals surface area contributed by atoms with E-state index < -0.39 is 29.0 Å². The van der Waals surface area contributed by atoms with Gasteiger partial charge in [-0.1, -0.05) is 0 Å². The van der Waals surface area contributed by atoms with Crippen LogP contribution in [0.1, 0.15) is 17.4 Å². The zero-order valence-electron chi connectivity index (χ0n) is 11.1. The summed E-state index contributed by atoms with van der Waals surface area (Å²) in [6.45, 7) is 2.60. The second kappa shape index (κ2) is 6.25. The highest BCUT2D eigenvalue weighted by molar-refractivity contribution is 6.03. The molecule has 0 aliphatic rings. The maximum absolute atomic E-state index is 13.4. The van der Waals surface area contributed by atoms with Crippen molar-refractivity contribution in [2.45, 2.75) is 6.92 Å². The Morgan fingerprint density at radius 3 is 2.62 bits per heavy atom. The van der Waals surface area contributed by atoms with Crippen LogP contribution in [0.15, 0.2) is 30.5 Å². The number of halogens is 3. The number of benzene rings is 1. The van der Waals surface area contributed by atoms with Crippen molar-refractivity contribution in [3.8, 4) is 0 Å². The SMILES string of the molecule is CCNc1ccc(C(=O)Nc2cc(F)cc(F)c2F)nc1. The van der Waals surface area contributed by atoms with Gasteiger partial charge in [0.15, 0.2) is 11.6 Å². The molecule has 0 radical (unpaired) electrons. The zero-order valence-corrected chi connectivity index (χ0v) is 11.1. The Bertz CT molecular complexity index is 659. The van der Waals surface area contributed by atoms with E-state index in [2.05, 4.69) is 15.6 Å². The lowest BCUT2D eigenvalue weighted by Gasteiger charge is -2.08. The van der Waals surface area contributed by atoms with Gasteiger partial charge in [0, 0.05) is 18.7 Å². The van der Waals surface area contributed by atoms with Crippen molar-refractivity contribution in [3.63, 3.8) is 0 Å². The van der Waals surface area contributed by atoms with E-state index in [4.69, 9.17) is 0 Å². The average molecular weight is 295 g/mol. The molecule has 0 bridgehead atoms. The predicted octanol–water partition coefficient (Wildman–Crippen LogP) is 3.18. The molecule has 0 spiro atoms. The van der Waals surface area contributed by atoms with Gasteiger partial charge < -0.3 is 10.6 Å². The van der Waals surface area contributed by atoms with E-state index in [9.17, 15) is 18.0 Å². The molecule has 110 valence electrons. The number of nitrogens with one attached hydrogen (secondary N) is 2.